The van der Waals surface area contributed by atoms with E-state index in [0.717, 1.165) is 33.4 Å². The summed E-state index contributed by atoms with van der Waals surface area (Å²) in [5, 5.41) is 13.6. The summed E-state index contributed by atoms with van der Waals surface area (Å²) >= 11 is 6.99. The predicted molar refractivity (Wildman–Crippen MR) is 83.2 cm³/mol. The fraction of sp³-hybridized carbons (Fsp3) is 0.385. The molecule has 0 atom stereocenters. The maximum Gasteiger partial charge on any atom is 0.337 e. The average Bonchev–Trinajstić information content (AvgIpc) is 2.93. The molecule has 0 aliphatic rings. The Morgan fingerprint density at radius 2 is 2.10 bits per heavy atom. The zero-order valence-electron chi connectivity index (χ0n) is 11.2. The molecular weight excluding hydrogens is 390 g/mol. The van der Waals surface area contributed by atoms with Crippen LogP contribution in [0.1, 0.15) is 35.6 Å². The molecule has 2 rings (SSSR count). The SMILES string of the molecule is CCc1nn(CC)c(Cn2cc(C(=O)O)cc2Br)c1Br. The molecule has 0 radical (unpaired) electrons. The number of nitrogens with zero attached hydrogens (tertiary/aromatic N) is 3. The van der Waals surface area contributed by atoms with Crippen molar-refractivity contribution in [2.24, 2.45) is 0 Å². The summed E-state index contributed by atoms with van der Waals surface area (Å²) in [4.78, 5) is 11.0. The minimum Gasteiger partial charge on any atom is -0.478 e. The molecule has 0 unspecified atom stereocenters. The van der Waals surface area contributed by atoms with Crippen LogP contribution in [0.2, 0.25) is 0 Å². The summed E-state index contributed by atoms with van der Waals surface area (Å²) in [7, 11) is 0. The molecule has 0 amide bonds. The van der Waals surface area contributed by atoms with Gasteiger partial charge in [-0.05, 0) is 51.3 Å². The van der Waals surface area contributed by atoms with E-state index in [1.165, 1.54) is 0 Å². The molecule has 0 aliphatic carbocycles. The van der Waals surface area contributed by atoms with Crippen LogP contribution >= 0.6 is 31.9 Å². The molecule has 0 spiro atoms. The lowest BCUT2D eigenvalue weighted by molar-refractivity contribution is 0.0697. The fourth-order valence-corrected chi connectivity index (χ4v) is 3.21. The normalized spacial score (nSPS) is 11.0. The van der Waals surface area contributed by atoms with Gasteiger partial charge in [-0.1, -0.05) is 6.92 Å². The highest BCUT2D eigenvalue weighted by molar-refractivity contribution is 9.10. The van der Waals surface area contributed by atoms with Gasteiger partial charge in [-0.25, -0.2) is 4.79 Å². The van der Waals surface area contributed by atoms with E-state index in [1.54, 1.807) is 12.3 Å². The Hall–Kier alpha value is -1.08. The lowest BCUT2D eigenvalue weighted by Gasteiger charge is -2.08. The smallest absolute Gasteiger partial charge is 0.337 e. The van der Waals surface area contributed by atoms with Gasteiger partial charge in [0, 0.05) is 12.7 Å². The van der Waals surface area contributed by atoms with Crippen molar-refractivity contribution in [1.82, 2.24) is 14.3 Å². The Morgan fingerprint density at radius 3 is 2.60 bits per heavy atom. The van der Waals surface area contributed by atoms with Crippen molar-refractivity contribution in [2.45, 2.75) is 33.4 Å². The molecule has 2 aromatic rings. The van der Waals surface area contributed by atoms with Gasteiger partial charge in [-0.3, -0.25) is 4.68 Å². The Labute approximate surface area is 133 Å². The summed E-state index contributed by atoms with van der Waals surface area (Å²) in [6, 6.07) is 1.60. The molecule has 108 valence electrons. The molecule has 20 heavy (non-hydrogen) atoms. The average molecular weight is 405 g/mol. The first-order valence-electron chi connectivity index (χ1n) is 6.30. The van der Waals surface area contributed by atoms with E-state index < -0.39 is 5.97 Å². The van der Waals surface area contributed by atoms with Crippen molar-refractivity contribution in [3.63, 3.8) is 0 Å². The molecule has 0 saturated carbocycles. The lowest BCUT2D eigenvalue weighted by atomic mass is 10.3. The third-order valence-electron chi connectivity index (χ3n) is 3.11. The van der Waals surface area contributed by atoms with Crippen LogP contribution in [-0.4, -0.2) is 25.4 Å². The Balaban J connectivity index is 2.39. The number of aromatic carboxylic acids is 1. The second kappa shape index (κ2) is 6.13. The van der Waals surface area contributed by atoms with Gasteiger partial charge in [0.1, 0.15) is 0 Å². The second-order valence-electron chi connectivity index (χ2n) is 4.36. The number of carboxylic acids is 1. The molecule has 0 saturated heterocycles. The topological polar surface area (TPSA) is 60.0 Å². The maximum atomic E-state index is 11.0. The van der Waals surface area contributed by atoms with Crippen molar-refractivity contribution in [3.05, 3.63) is 38.3 Å². The van der Waals surface area contributed by atoms with E-state index >= 15 is 0 Å². The van der Waals surface area contributed by atoms with E-state index in [-0.39, 0.29) is 5.56 Å². The van der Waals surface area contributed by atoms with Gasteiger partial charge in [-0.2, -0.15) is 5.10 Å². The van der Waals surface area contributed by atoms with Crippen molar-refractivity contribution in [1.29, 1.82) is 0 Å². The Bertz CT molecular complexity index is 646. The zero-order valence-corrected chi connectivity index (χ0v) is 14.4. The van der Waals surface area contributed by atoms with E-state index in [9.17, 15) is 4.79 Å². The van der Waals surface area contributed by atoms with Crippen LogP contribution in [0.4, 0.5) is 0 Å². The van der Waals surface area contributed by atoms with Crippen molar-refractivity contribution in [2.75, 3.05) is 0 Å². The number of halogens is 2. The fourth-order valence-electron chi connectivity index (χ4n) is 2.05. The summed E-state index contributed by atoms with van der Waals surface area (Å²) < 4.78 is 5.54. The first-order valence-corrected chi connectivity index (χ1v) is 7.89. The van der Waals surface area contributed by atoms with Gasteiger partial charge in [0.15, 0.2) is 0 Å². The van der Waals surface area contributed by atoms with Crippen LogP contribution < -0.4 is 0 Å². The number of aryl methyl sites for hydroxylation is 2. The summed E-state index contributed by atoms with van der Waals surface area (Å²) in [5.74, 6) is -0.929. The standard InChI is InChI=1S/C13H15Br2N3O2/c1-3-9-12(15)10(18(4-2)16-9)7-17-6-8(13(19)20)5-11(17)14/h5-6H,3-4,7H2,1-2H3,(H,19,20). The van der Waals surface area contributed by atoms with E-state index in [0.29, 0.717) is 6.54 Å². The highest BCUT2D eigenvalue weighted by Gasteiger charge is 2.16. The van der Waals surface area contributed by atoms with Crippen molar-refractivity contribution >= 4 is 37.8 Å². The first-order chi connectivity index (χ1) is 9.47. The molecule has 0 aromatic carbocycles. The second-order valence-corrected chi connectivity index (χ2v) is 5.97. The molecule has 2 heterocycles. The third kappa shape index (κ3) is 2.83. The maximum absolute atomic E-state index is 11.0. The number of carbonyl (C=O) groups is 1. The molecule has 0 fully saturated rings. The summed E-state index contributed by atoms with van der Waals surface area (Å²) in [6.07, 6.45) is 2.48. The van der Waals surface area contributed by atoms with Crippen molar-refractivity contribution in [3.8, 4) is 0 Å². The number of aromatic nitrogens is 3. The van der Waals surface area contributed by atoms with E-state index in [2.05, 4.69) is 43.9 Å². The quantitative estimate of drug-likeness (QED) is 0.828. The number of hydrogen-bond acceptors (Lipinski definition) is 2. The van der Waals surface area contributed by atoms with Crippen molar-refractivity contribution < 1.29 is 9.90 Å². The molecule has 2 aromatic heterocycles. The number of carboxylic acid groups (broad SMARTS) is 1. The van der Waals surface area contributed by atoms with Crippen LogP contribution in [0, 0.1) is 0 Å². The van der Waals surface area contributed by atoms with Gasteiger partial charge in [0.25, 0.3) is 0 Å². The van der Waals surface area contributed by atoms with Gasteiger partial charge in [0.2, 0.25) is 0 Å². The van der Waals surface area contributed by atoms with Gasteiger partial charge in [0.05, 0.1) is 32.6 Å². The van der Waals surface area contributed by atoms with Gasteiger partial charge >= 0.3 is 5.97 Å². The molecule has 0 aliphatic heterocycles. The Morgan fingerprint density at radius 1 is 1.40 bits per heavy atom. The summed E-state index contributed by atoms with van der Waals surface area (Å²) in [5.41, 5.74) is 2.33. The monoisotopic (exact) mass is 403 g/mol. The molecular formula is C13H15Br2N3O2. The zero-order chi connectivity index (χ0) is 14.9. The third-order valence-corrected chi connectivity index (χ3v) is 4.70. The molecule has 0 bridgehead atoms. The first kappa shape index (κ1) is 15.3. The van der Waals surface area contributed by atoms with Crippen LogP contribution in [0.3, 0.4) is 0 Å². The van der Waals surface area contributed by atoms with Crippen LogP contribution in [-0.2, 0) is 19.5 Å². The minimum atomic E-state index is -0.929. The van der Waals surface area contributed by atoms with Crippen LogP contribution in [0.15, 0.2) is 21.3 Å². The van der Waals surface area contributed by atoms with E-state index in [1.807, 2.05) is 16.2 Å². The van der Waals surface area contributed by atoms with Crippen LogP contribution in [0.5, 0.6) is 0 Å². The largest absolute Gasteiger partial charge is 0.478 e. The number of rotatable bonds is 5. The Kier molecular flexibility index (Phi) is 4.70. The summed E-state index contributed by atoms with van der Waals surface area (Å²) in [6.45, 7) is 5.44. The molecule has 5 nitrogen and oxygen atoms in total. The van der Waals surface area contributed by atoms with E-state index in [4.69, 9.17) is 5.11 Å². The minimum absolute atomic E-state index is 0.270. The number of hydrogen-bond donors (Lipinski definition) is 1. The van der Waals surface area contributed by atoms with Crippen LogP contribution in [0.25, 0.3) is 0 Å². The highest BCUT2D eigenvalue weighted by Crippen LogP contribution is 2.25. The molecule has 7 heteroatoms. The van der Waals surface area contributed by atoms with Gasteiger partial charge in [-0.15, -0.1) is 0 Å². The molecule has 1 N–H and O–H groups in total. The van der Waals surface area contributed by atoms with Gasteiger partial charge < -0.3 is 9.67 Å². The highest BCUT2D eigenvalue weighted by atomic mass is 79.9. The lowest BCUT2D eigenvalue weighted by Crippen LogP contribution is -2.08. The predicted octanol–water partition coefficient (Wildman–Crippen LogP) is 3.54.